The van der Waals surface area contributed by atoms with E-state index in [-0.39, 0.29) is 18.0 Å². The Bertz CT molecular complexity index is 262. The summed E-state index contributed by atoms with van der Waals surface area (Å²) in [6.45, 7) is 0.627. The molecule has 1 heterocycles. The van der Waals surface area contributed by atoms with Crippen molar-refractivity contribution < 1.29 is 4.79 Å². The van der Waals surface area contributed by atoms with E-state index in [0.29, 0.717) is 13.0 Å². The summed E-state index contributed by atoms with van der Waals surface area (Å²) in [5, 5.41) is 2.76. The van der Waals surface area contributed by atoms with E-state index in [0.717, 1.165) is 18.6 Å². The summed E-state index contributed by atoms with van der Waals surface area (Å²) in [6, 6.07) is 0.457. The van der Waals surface area contributed by atoms with Crippen LogP contribution in [-0.2, 0) is 4.79 Å². The van der Waals surface area contributed by atoms with Gasteiger partial charge in [0.05, 0.1) is 19.0 Å². The molecular formula is C10H17N3O. The predicted molar refractivity (Wildman–Crippen MR) is 55.3 cm³/mol. The molecule has 0 bridgehead atoms. The summed E-state index contributed by atoms with van der Waals surface area (Å²) >= 11 is 0. The molecule has 0 unspecified atom stereocenters. The number of carbonyl (C=O) groups excluding carboxylic acids is 1. The Hall–Kier alpha value is -0.900. The standard InChI is InChI=1S/C10H17N3O/c11-8-3-1-2-4-9(8)13-7-5-10(14)12-6-7/h8-9H,1-6,11H2,(H,12,14)/t8-,9-/m1/s1. The highest BCUT2D eigenvalue weighted by Crippen LogP contribution is 2.20. The lowest BCUT2D eigenvalue weighted by atomic mass is 9.91. The molecule has 2 aliphatic rings. The highest BCUT2D eigenvalue weighted by atomic mass is 16.1. The van der Waals surface area contributed by atoms with Crippen molar-refractivity contribution >= 4 is 11.6 Å². The van der Waals surface area contributed by atoms with E-state index in [4.69, 9.17) is 5.73 Å². The molecule has 2 fully saturated rings. The molecule has 1 saturated heterocycles. The van der Waals surface area contributed by atoms with E-state index in [2.05, 4.69) is 10.3 Å². The molecule has 0 aromatic rings. The van der Waals surface area contributed by atoms with Gasteiger partial charge in [-0.2, -0.15) is 0 Å². The minimum absolute atomic E-state index is 0.0909. The molecule has 1 aliphatic carbocycles. The van der Waals surface area contributed by atoms with E-state index in [1.165, 1.54) is 12.8 Å². The first-order chi connectivity index (χ1) is 6.75. The van der Waals surface area contributed by atoms with Crippen molar-refractivity contribution in [2.45, 2.75) is 44.2 Å². The molecule has 78 valence electrons. The zero-order valence-electron chi connectivity index (χ0n) is 8.33. The highest BCUT2D eigenvalue weighted by Gasteiger charge is 2.23. The van der Waals surface area contributed by atoms with Crippen molar-refractivity contribution in [2.24, 2.45) is 10.7 Å². The van der Waals surface area contributed by atoms with Gasteiger partial charge in [0.2, 0.25) is 5.91 Å². The van der Waals surface area contributed by atoms with E-state index < -0.39 is 0 Å². The van der Waals surface area contributed by atoms with Gasteiger partial charge in [-0.3, -0.25) is 9.79 Å². The minimum Gasteiger partial charge on any atom is -0.350 e. The number of hydrogen-bond donors (Lipinski definition) is 2. The largest absolute Gasteiger partial charge is 0.350 e. The van der Waals surface area contributed by atoms with Gasteiger partial charge in [-0.15, -0.1) is 0 Å². The van der Waals surface area contributed by atoms with Crippen LogP contribution in [0.4, 0.5) is 0 Å². The van der Waals surface area contributed by atoms with Crippen LogP contribution in [0.5, 0.6) is 0 Å². The van der Waals surface area contributed by atoms with Crippen LogP contribution in [0.1, 0.15) is 32.1 Å². The number of nitrogens with zero attached hydrogens (tertiary/aromatic N) is 1. The number of amides is 1. The SMILES string of the molecule is N[C@@H]1CCCC[C@H]1N=C1CNC(=O)C1. The van der Waals surface area contributed by atoms with Crippen molar-refractivity contribution in [1.29, 1.82) is 0 Å². The minimum atomic E-state index is 0.0909. The monoisotopic (exact) mass is 195 g/mol. The lowest BCUT2D eigenvalue weighted by Gasteiger charge is -2.25. The van der Waals surface area contributed by atoms with Gasteiger partial charge in [0.25, 0.3) is 0 Å². The number of nitrogens with two attached hydrogens (primary N) is 1. The van der Waals surface area contributed by atoms with Gasteiger partial charge in [-0.1, -0.05) is 12.8 Å². The Labute approximate surface area is 84.0 Å². The fraction of sp³-hybridized carbons (Fsp3) is 0.800. The summed E-state index contributed by atoms with van der Waals surface area (Å²) in [5.41, 5.74) is 6.96. The van der Waals surface area contributed by atoms with Crippen LogP contribution < -0.4 is 11.1 Å². The molecule has 1 amide bonds. The zero-order valence-corrected chi connectivity index (χ0v) is 8.33. The third-order valence-electron chi connectivity index (χ3n) is 2.98. The maximum absolute atomic E-state index is 11.0. The van der Waals surface area contributed by atoms with E-state index in [1.54, 1.807) is 0 Å². The van der Waals surface area contributed by atoms with Gasteiger partial charge >= 0.3 is 0 Å². The van der Waals surface area contributed by atoms with Crippen molar-refractivity contribution in [3.63, 3.8) is 0 Å². The molecule has 0 aromatic carbocycles. The summed E-state index contributed by atoms with van der Waals surface area (Å²) in [4.78, 5) is 15.5. The third-order valence-corrected chi connectivity index (χ3v) is 2.98. The lowest BCUT2D eigenvalue weighted by Crippen LogP contribution is -2.37. The molecule has 2 atom stereocenters. The summed E-state index contributed by atoms with van der Waals surface area (Å²) in [6.07, 6.45) is 5.07. The normalized spacial score (nSPS) is 36.1. The Morgan fingerprint density at radius 1 is 1.36 bits per heavy atom. The maximum atomic E-state index is 11.0. The molecule has 0 radical (unpaired) electrons. The molecule has 14 heavy (non-hydrogen) atoms. The van der Waals surface area contributed by atoms with Gasteiger partial charge in [0.15, 0.2) is 0 Å². The molecule has 1 aliphatic heterocycles. The number of aliphatic imine (C=N–C) groups is 1. The van der Waals surface area contributed by atoms with Crippen LogP contribution in [0.3, 0.4) is 0 Å². The Balaban J connectivity index is 1.97. The highest BCUT2D eigenvalue weighted by molar-refractivity contribution is 6.08. The second-order valence-electron chi connectivity index (χ2n) is 4.16. The van der Waals surface area contributed by atoms with Gasteiger partial charge in [-0.25, -0.2) is 0 Å². The molecular weight excluding hydrogens is 178 g/mol. The predicted octanol–water partition coefficient (Wildman–Crippen LogP) is 0.217. The summed E-state index contributed by atoms with van der Waals surface area (Å²) in [5.74, 6) is 0.0909. The van der Waals surface area contributed by atoms with Crippen molar-refractivity contribution in [3.8, 4) is 0 Å². The Morgan fingerprint density at radius 2 is 2.14 bits per heavy atom. The number of rotatable bonds is 1. The molecule has 4 heteroatoms. The second kappa shape index (κ2) is 4.09. The molecule has 2 rings (SSSR count). The van der Waals surface area contributed by atoms with E-state index in [1.807, 2.05) is 0 Å². The number of nitrogens with one attached hydrogen (secondary N) is 1. The van der Waals surface area contributed by atoms with Crippen molar-refractivity contribution in [2.75, 3.05) is 6.54 Å². The fourth-order valence-electron chi connectivity index (χ4n) is 2.14. The topological polar surface area (TPSA) is 67.5 Å². The van der Waals surface area contributed by atoms with E-state index >= 15 is 0 Å². The van der Waals surface area contributed by atoms with Gasteiger partial charge in [-0.05, 0) is 12.8 Å². The van der Waals surface area contributed by atoms with Crippen LogP contribution in [-0.4, -0.2) is 30.2 Å². The molecule has 0 aromatic heterocycles. The average molecular weight is 195 g/mol. The third kappa shape index (κ3) is 2.12. The smallest absolute Gasteiger partial charge is 0.226 e. The first kappa shape index (κ1) is 9.65. The van der Waals surface area contributed by atoms with Crippen LogP contribution in [0.15, 0.2) is 4.99 Å². The first-order valence-electron chi connectivity index (χ1n) is 5.33. The van der Waals surface area contributed by atoms with Crippen LogP contribution in [0.2, 0.25) is 0 Å². The second-order valence-corrected chi connectivity index (χ2v) is 4.16. The fourth-order valence-corrected chi connectivity index (χ4v) is 2.14. The lowest BCUT2D eigenvalue weighted by molar-refractivity contribution is -0.118. The molecule has 0 spiro atoms. The molecule has 1 saturated carbocycles. The quantitative estimate of drug-likeness (QED) is 0.628. The first-order valence-corrected chi connectivity index (χ1v) is 5.33. The van der Waals surface area contributed by atoms with E-state index in [9.17, 15) is 4.79 Å². The Kier molecular flexibility index (Phi) is 2.82. The van der Waals surface area contributed by atoms with Gasteiger partial charge < -0.3 is 11.1 Å². The van der Waals surface area contributed by atoms with Crippen LogP contribution in [0, 0.1) is 0 Å². The maximum Gasteiger partial charge on any atom is 0.226 e. The van der Waals surface area contributed by atoms with Crippen LogP contribution >= 0.6 is 0 Å². The average Bonchev–Trinajstić information content (AvgIpc) is 2.56. The molecule has 4 nitrogen and oxygen atoms in total. The van der Waals surface area contributed by atoms with Crippen molar-refractivity contribution in [3.05, 3.63) is 0 Å². The summed E-state index contributed by atoms with van der Waals surface area (Å²) in [7, 11) is 0. The Morgan fingerprint density at radius 3 is 2.79 bits per heavy atom. The number of carbonyl (C=O) groups is 1. The number of hydrogen-bond acceptors (Lipinski definition) is 3. The van der Waals surface area contributed by atoms with Crippen LogP contribution in [0.25, 0.3) is 0 Å². The van der Waals surface area contributed by atoms with Crippen molar-refractivity contribution in [1.82, 2.24) is 5.32 Å². The zero-order chi connectivity index (χ0) is 9.97. The summed E-state index contributed by atoms with van der Waals surface area (Å²) < 4.78 is 0. The molecule has 3 N–H and O–H groups in total. The van der Waals surface area contributed by atoms with Gasteiger partial charge in [0.1, 0.15) is 0 Å². The van der Waals surface area contributed by atoms with Gasteiger partial charge in [0, 0.05) is 11.8 Å².